The molecule has 0 aliphatic carbocycles. The Balaban J connectivity index is 2.48. The fourth-order valence-corrected chi connectivity index (χ4v) is 3.04. The molecule has 94 valence electrons. The zero-order valence-electron chi connectivity index (χ0n) is 10.5. The van der Waals surface area contributed by atoms with Crippen molar-refractivity contribution in [3.63, 3.8) is 0 Å². The highest BCUT2D eigenvalue weighted by molar-refractivity contribution is 9.10. The predicted molar refractivity (Wildman–Crippen MR) is 83.5 cm³/mol. The van der Waals surface area contributed by atoms with E-state index < -0.39 is 0 Å². The van der Waals surface area contributed by atoms with Gasteiger partial charge in [-0.2, -0.15) is 0 Å². The van der Waals surface area contributed by atoms with E-state index in [2.05, 4.69) is 28.1 Å². The minimum atomic E-state index is 0.349. The van der Waals surface area contributed by atoms with Crippen LogP contribution < -0.4 is 0 Å². The van der Waals surface area contributed by atoms with Gasteiger partial charge < -0.3 is 5.11 Å². The van der Waals surface area contributed by atoms with E-state index in [1.807, 2.05) is 49.4 Å². The van der Waals surface area contributed by atoms with Crippen molar-refractivity contribution in [2.45, 2.75) is 6.92 Å². The molecule has 0 aliphatic rings. The summed E-state index contributed by atoms with van der Waals surface area (Å²) in [6, 6.07) is 18.2. The largest absolute Gasteiger partial charge is 0.507 e. The maximum atomic E-state index is 10.3. The van der Waals surface area contributed by atoms with Crippen LogP contribution in [0, 0.1) is 6.92 Å². The molecule has 0 radical (unpaired) electrons. The summed E-state index contributed by atoms with van der Waals surface area (Å²) in [6.45, 7) is 1.93. The first-order valence-electron chi connectivity index (χ1n) is 6.15. The zero-order valence-corrected chi connectivity index (χ0v) is 12.1. The molecule has 0 spiro atoms. The van der Waals surface area contributed by atoms with Gasteiger partial charge in [0.15, 0.2) is 0 Å². The SMILES string of the molecule is Cc1c(Br)c(-c2ccccc2)c2ccccc2c1O. The fraction of sp³-hybridized carbons (Fsp3) is 0.0588. The number of fused-ring (bicyclic) bond motifs is 1. The monoisotopic (exact) mass is 312 g/mol. The lowest BCUT2D eigenvalue weighted by Gasteiger charge is -2.14. The van der Waals surface area contributed by atoms with E-state index in [0.29, 0.717) is 5.75 Å². The van der Waals surface area contributed by atoms with E-state index in [4.69, 9.17) is 0 Å². The fourth-order valence-electron chi connectivity index (χ4n) is 2.41. The van der Waals surface area contributed by atoms with Gasteiger partial charge in [0.05, 0.1) is 0 Å². The molecule has 0 saturated carbocycles. The van der Waals surface area contributed by atoms with E-state index in [0.717, 1.165) is 31.9 Å². The molecule has 0 aliphatic heterocycles. The van der Waals surface area contributed by atoms with Gasteiger partial charge in [0.1, 0.15) is 5.75 Å². The van der Waals surface area contributed by atoms with Crippen LogP contribution in [0.1, 0.15) is 5.56 Å². The Labute approximate surface area is 120 Å². The summed E-state index contributed by atoms with van der Waals surface area (Å²) in [7, 11) is 0. The van der Waals surface area contributed by atoms with E-state index >= 15 is 0 Å². The average Bonchev–Trinajstić information content (AvgIpc) is 2.46. The first-order valence-corrected chi connectivity index (χ1v) is 6.94. The lowest BCUT2D eigenvalue weighted by Crippen LogP contribution is -1.88. The Bertz CT molecular complexity index is 748. The third kappa shape index (κ3) is 1.92. The molecule has 0 saturated heterocycles. The van der Waals surface area contributed by atoms with Gasteiger partial charge in [0.25, 0.3) is 0 Å². The second kappa shape index (κ2) is 4.71. The van der Waals surface area contributed by atoms with Crippen LogP contribution in [0.5, 0.6) is 5.75 Å². The van der Waals surface area contributed by atoms with Crippen LogP contribution in [0.2, 0.25) is 0 Å². The summed E-state index contributed by atoms with van der Waals surface area (Å²) in [4.78, 5) is 0. The number of phenolic OH excluding ortho intramolecular Hbond substituents is 1. The second-order valence-corrected chi connectivity index (χ2v) is 5.37. The van der Waals surface area contributed by atoms with Crippen molar-refractivity contribution in [1.29, 1.82) is 0 Å². The quantitative estimate of drug-likeness (QED) is 0.648. The second-order valence-electron chi connectivity index (χ2n) is 4.57. The molecule has 0 fully saturated rings. The van der Waals surface area contributed by atoms with Crippen LogP contribution in [0.25, 0.3) is 21.9 Å². The number of halogens is 1. The maximum absolute atomic E-state index is 10.3. The van der Waals surface area contributed by atoms with E-state index in [-0.39, 0.29) is 0 Å². The molecule has 0 unspecified atom stereocenters. The molecule has 2 heteroatoms. The number of benzene rings is 3. The number of hydrogen-bond donors (Lipinski definition) is 1. The highest BCUT2D eigenvalue weighted by Gasteiger charge is 2.15. The topological polar surface area (TPSA) is 20.2 Å². The molecular weight excluding hydrogens is 300 g/mol. The Hall–Kier alpha value is -1.80. The molecule has 1 nitrogen and oxygen atoms in total. The summed E-state index contributed by atoms with van der Waals surface area (Å²) >= 11 is 3.63. The van der Waals surface area contributed by atoms with Crippen molar-refractivity contribution in [3.05, 3.63) is 64.6 Å². The number of hydrogen-bond acceptors (Lipinski definition) is 1. The van der Waals surface area contributed by atoms with Gasteiger partial charge in [-0.3, -0.25) is 0 Å². The number of phenols is 1. The van der Waals surface area contributed by atoms with Gasteiger partial charge in [-0.1, -0.05) is 54.6 Å². The van der Waals surface area contributed by atoms with E-state index in [1.54, 1.807) is 0 Å². The van der Waals surface area contributed by atoms with Gasteiger partial charge in [-0.15, -0.1) is 0 Å². The Morgan fingerprint density at radius 1 is 0.842 bits per heavy atom. The lowest BCUT2D eigenvalue weighted by atomic mass is 9.95. The van der Waals surface area contributed by atoms with Crippen LogP contribution in [0.15, 0.2) is 59.1 Å². The van der Waals surface area contributed by atoms with Crippen molar-refractivity contribution in [2.24, 2.45) is 0 Å². The number of aromatic hydroxyl groups is 1. The molecule has 1 N–H and O–H groups in total. The molecular formula is C17H13BrO. The Morgan fingerprint density at radius 2 is 1.42 bits per heavy atom. The van der Waals surface area contributed by atoms with Crippen LogP contribution in [0.4, 0.5) is 0 Å². The number of rotatable bonds is 1. The summed E-state index contributed by atoms with van der Waals surface area (Å²) in [5.74, 6) is 0.349. The van der Waals surface area contributed by atoms with Crippen molar-refractivity contribution >= 4 is 26.7 Å². The van der Waals surface area contributed by atoms with Crippen molar-refractivity contribution < 1.29 is 5.11 Å². The van der Waals surface area contributed by atoms with E-state index in [1.165, 1.54) is 0 Å². The van der Waals surface area contributed by atoms with Gasteiger partial charge >= 0.3 is 0 Å². The van der Waals surface area contributed by atoms with Gasteiger partial charge in [0.2, 0.25) is 0 Å². The molecule has 0 amide bonds. The maximum Gasteiger partial charge on any atom is 0.127 e. The van der Waals surface area contributed by atoms with Gasteiger partial charge in [0, 0.05) is 21.0 Å². The molecule has 0 heterocycles. The highest BCUT2D eigenvalue weighted by atomic mass is 79.9. The summed E-state index contributed by atoms with van der Waals surface area (Å²) in [6.07, 6.45) is 0. The van der Waals surface area contributed by atoms with Gasteiger partial charge in [-0.25, -0.2) is 0 Å². The Kier molecular flexibility index (Phi) is 3.03. The highest BCUT2D eigenvalue weighted by Crippen LogP contribution is 2.42. The molecule has 19 heavy (non-hydrogen) atoms. The minimum Gasteiger partial charge on any atom is -0.507 e. The van der Waals surface area contributed by atoms with Crippen molar-refractivity contribution in [1.82, 2.24) is 0 Å². The standard InChI is InChI=1S/C17H13BrO/c1-11-16(18)15(12-7-3-2-4-8-12)13-9-5-6-10-14(13)17(11)19/h2-10,19H,1H3. The molecule has 3 aromatic carbocycles. The molecule has 3 aromatic rings. The average molecular weight is 313 g/mol. The molecule has 0 bridgehead atoms. The first kappa shape index (κ1) is 12.2. The molecule has 0 aromatic heterocycles. The van der Waals surface area contributed by atoms with Crippen LogP contribution in [-0.4, -0.2) is 5.11 Å². The third-order valence-corrected chi connectivity index (χ3v) is 4.41. The third-order valence-electron chi connectivity index (χ3n) is 3.42. The smallest absolute Gasteiger partial charge is 0.127 e. The van der Waals surface area contributed by atoms with Crippen LogP contribution in [0.3, 0.4) is 0 Å². The zero-order chi connectivity index (χ0) is 13.4. The molecule has 3 rings (SSSR count). The van der Waals surface area contributed by atoms with E-state index in [9.17, 15) is 5.11 Å². The predicted octanol–water partition coefficient (Wildman–Crippen LogP) is 5.28. The normalized spacial score (nSPS) is 10.8. The van der Waals surface area contributed by atoms with Gasteiger partial charge in [-0.05, 0) is 33.8 Å². The van der Waals surface area contributed by atoms with Crippen LogP contribution >= 0.6 is 15.9 Å². The van der Waals surface area contributed by atoms with Crippen molar-refractivity contribution in [3.8, 4) is 16.9 Å². The first-order chi connectivity index (χ1) is 9.20. The summed E-state index contributed by atoms with van der Waals surface area (Å²) in [5.41, 5.74) is 3.15. The van der Waals surface area contributed by atoms with Crippen molar-refractivity contribution in [2.75, 3.05) is 0 Å². The molecule has 0 atom stereocenters. The van der Waals surface area contributed by atoms with Crippen LogP contribution in [-0.2, 0) is 0 Å². The lowest BCUT2D eigenvalue weighted by molar-refractivity contribution is 0.477. The summed E-state index contributed by atoms with van der Waals surface area (Å²) in [5, 5.41) is 12.2. The Morgan fingerprint density at radius 3 is 2.11 bits per heavy atom. The minimum absolute atomic E-state index is 0.349. The summed E-state index contributed by atoms with van der Waals surface area (Å²) < 4.78 is 0.954.